The van der Waals surface area contributed by atoms with Crippen LogP contribution in [0.3, 0.4) is 0 Å². The fraction of sp³-hybridized carbons (Fsp3) is 0.429. The van der Waals surface area contributed by atoms with Crippen LogP contribution in [0.25, 0.3) is 10.8 Å². The number of hydrogen-bond acceptors (Lipinski definition) is 4. The molecule has 2 fully saturated rings. The van der Waals surface area contributed by atoms with Crippen molar-refractivity contribution in [3.63, 3.8) is 0 Å². The molecule has 0 saturated carbocycles. The van der Waals surface area contributed by atoms with E-state index in [-0.39, 0.29) is 11.4 Å². The van der Waals surface area contributed by atoms with E-state index in [4.69, 9.17) is 4.84 Å². The van der Waals surface area contributed by atoms with Crippen LogP contribution in [-0.2, 0) is 4.84 Å². The van der Waals surface area contributed by atoms with Gasteiger partial charge in [-0.2, -0.15) is 0 Å². The number of benzene rings is 2. The number of aliphatic hydroxyl groups excluding tert-OH is 1. The van der Waals surface area contributed by atoms with Gasteiger partial charge in [0.2, 0.25) is 0 Å². The van der Waals surface area contributed by atoms with Crippen molar-refractivity contribution >= 4 is 22.5 Å². The van der Waals surface area contributed by atoms with Crippen molar-refractivity contribution in [2.24, 2.45) is 0 Å². The third kappa shape index (κ3) is 3.07. The number of hydrogen-bond donors (Lipinski definition) is 2. The number of hydroxylamine groups is 1. The molecule has 0 aromatic heterocycles. The molecule has 0 radical (unpaired) electrons. The second kappa shape index (κ2) is 7.02. The van der Waals surface area contributed by atoms with Crippen molar-refractivity contribution in [2.75, 3.05) is 7.11 Å². The summed E-state index contributed by atoms with van der Waals surface area (Å²) in [7, 11) is 1.66. The Morgan fingerprint density at radius 3 is 2.76 bits per heavy atom. The molecule has 4 heteroatoms. The predicted molar refractivity (Wildman–Crippen MR) is 105 cm³/mol. The van der Waals surface area contributed by atoms with E-state index in [1.807, 2.05) is 11.8 Å². The van der Waals surface area contributed by atoms with E-state index in [1.54, 1.807) is 7.11 Å². The minimum atomic E-state index is -0.254. The van der Waals surface area contributed by atoms with Crippen LogP contribution < -0.4 is 5.48 Å². The van der Waals surface area contributed by atoms with Crippen LogP contribution in [-0.4, -0.2) is 28.8 Å². The molecule has 2 aliphatic rings. The Labute approximate surface area is 153 Å². The summed E-state index contributed by atoms with van der Waals surface area (Å²) in [6.45, 7) is 2.14. The maximum atomic E-state index is 10.6. The summed E-state index contributed by atoms with van der Waals surface area (Å²) < 4.78 is 0. The summed E-state index contributed by atoms with van der Waals surface area (Å²) >= 11 is 1.94. The molecule has 4 atom stereocenters. The van der Waals surface area contributed by atoms with Crippen LogP contribution in [0.5, 0.6) is 0 Å². The molecule has 2 heterocycles. The molecule has 0 aliphatic carbocycles. The van der Waals surface area contributed by atoms with Gasteiger partial charge in [-0.1, -0.05) is 49.4 Å². The summed E-state index contributed by atoms with van der Waals surface area (Å²) in [6.07, 6.45) is 2.60. The van der Waals surface area contributed by atoms with Gasteiger partial charge in [0.1, 0.15) is 0 Å². The first-order valence-corrected chi connectivity index (χ1v) is 9.99. The Bertz CT molecular complexity index is 803. The first-order chi connectivity index (χ1) is 12.2. The van der Waals surface area contributed by atoms with Crippen molar-refractivity contribution in [1.82, 2.24) is 5.48 Å². The molecule has 132 valence electrons. The second-order valence-electron chi connectivity index (χ2n) is 6.97. The van der Waals surface area contributed by atoms with Gasteiger partial charge in [-0.3, -0.25) is 10.3 Å². The highest BCUT2D eigenvalue weighted by Crippen LogP contribution is 2.53. The lowest BCUT2D eigenvalue weighted by Crippen LogP contribution is -2.29. The van der Waals surface area contributed by atoms with Crippen LogP contribution in [0.4, 0.5) is 0 Å². The molecule has 0 spiro atoms. The van der Waals surface area contributed by atoms with Gasteiger partial charge in [0, 0.05) is 16.9 Å². The number of rotatable bonds is 4. The summed E-state index contributed by atoms with van der Waals surface area (Å²) in [4.78, 5) is 5.25. The fourth-order valence-corrected chi connectivity index (χ4v) is 6.12. The van der Waals surface area contributed by atoms with Crippen molar-refractivity contribution in [3.05, 3.63) is 59.3 Å². The van der Waals surface area contributed by atoms with Gasteiger partial charge in [0.25, 0.3) is 0 Å². The molecule has 2 aliphatic heterocycles. The van der Waals surface area contributed by atoms with Gasteiger partial charge in [0.05, 0.1) is 18.5 Å². The third-order valence-corrected chi connectivity index (χ3v) is 7.11. The normalized spacial score (nSPS) is 30.5. The van der Waals surface area contributed by atoms with Gasteiger partial charge < -0.3 is 5.11 Å². The van der Waals surface area contributed by atoms with Crippen molar-refractivity contribution < 1.29 is 9.94 Å². The summed E-state index contributed by atoms with van der Waals surface area (Å²) in [5.41, 5.74) is 6.89. The Hall–Kier alpha value is -1.49. The minimum Gasteiger partial charge on any atom is -0.392 e. The number of nitrogens with one attached hydrogen (secondary N) is 1. The molecule has 2 saturated heterocycles. The quantitative estimate of drug-likeness (QED) is 0.799. The molecule has 2 aromatic rings. The van der Waals surface area contributed by atoms with Gasteiger partial charge in [-0.25, -0.2) is 0 Å². The Kier molecular flexibility index (Phi) is 4.76. The van der Waals surface area contributed by atoms with Gasteiger partial charge in [0.15, 0.2) is 0 Å². The molecule has 0 amide bonds. The lowest BCUT2D eigenvalue weighted by molar-refractivity contribution is 0.113. The van der Waals surface area contributed by atoms with Crippen LogP contribution in [0, 0.1) is 0 Å². The smallest absolute Gasteiger partial charge is 0.0708 e. The van der Waals surface area contributed by atoms with Crippen LogP contribution in [0.2, 0.25) is 0 Å². The van der Waals surface area contributed by atoms with Crippen LogP contribution >= 0.6 is 11.8 Å². The van der Waals surface area contributed by atoms with E-state index < -0.39 is 0 Å². The molecular weight excluding hydrogens is 330 g/mol. The van der Waals surface area contributed by atoms with E-state index in [0.29, 0.717) is 11.2 Å². The summed E-state index contributed by atoms with van der Waals surface area (Å²) in [5.74, 6) is 0.343. The minimum absolute atomic E-state index is 0.174. The molecule has 3 nitrogen and oxygen atoms in total. The zero-order valence-corrected chi connectivity index (χ0v) is 15.6. The third-order valence-electron chi connectivity index (χ3n) is 5.48. The molecule has 2 aromatic carbocycles. The summed E-state index contributed by atoms with van der Waals surface area (Å²) in [6, 6.07) is 15.3. The van der Waals surface area contributed by atoms with Gasteiger partial charge >= 0.3 is 0 Å². The Morgan fingerprint density at radius 1 is 1.20 bits per heavy atom. The van der Waals surface area contributed by atoms with Crippen LogP contribution in [0.1, 0.15) is 37.7 Å². The largest absolute Gasteiger partial charge is 0.392 e. The van der Waals surface area contributed by atoms with Crippen molar-refractivity contribution in [3.8, 4) is 0 Å². The predicted octanol–water partition coefficient (Wildman–Crippen LogP) is 4.38. The average Bonchev–Trinajstić information content (AvgIpc) is 2.94. The number of allylic oxidation sites excluding steroid dienone is 1. The average molecular weight is 356 g/mol. The number of fused-ring (bicyclic) bond motifs is 3. The van der Waals surface area contributed by atoms with Crippen molar-refractivity contribution in [1.29, 1.82) is 0 Å². The second-order valence-corrected chi connectivity index (χ2v) is 8.42. The lowest BCUT2D eigenvalue weighted by Gasteiger charge is -2.34. The van der Waals surface area contributed by atoms with E-state index in [1.165, 1.54) is 21.9 Å². The molecule has 25 heavy (non-hydrogen) atoms. The van der Waals surface area contributed by atoms with E-state index in [0.717, 1.165) is 25.0 Å². The maximum absolute atomic E-state index is 10.6. The highest BCUT2D eigenvalue weighted by Gasteiger charge is 2.45. The van der Waals surface area contributed by atoms with Crippen molar-refractivity contribution in [2.45, 2.75) is 48.7 Å². The molecule has 2 unspecified atom stereocenters. The monoisotopic (exact) mass is 355 g/mol. The van der Waals surface area contributed by atoms with E-state index >= 15 is 0 Å². The molecular formula is C21H25NO2S. The Morgan fingerprint density at radius 2 is 2.00 bits per heavy atom. The van der Waals surface area contributed by atoms with Gasteiger partial charge in [-0.05, 0) is 41.2 Å². The van der Waals surface area contributed by atoms with Gasteiger partial charge in [-0.15, -0.1) is 11.8 Å². The zero-order valence-electron chi connectivity index (χ0n) is 14.7. The number of thioether (sulfide) groups is 1. The highest BCUT2D eigenvalue weighted by atomic mass is 32.2. The summed E-state index contributed by atoms with van der Waals surface area (Å²) in [5, 5.41) is 13.9. The van der Waals surface area contributed by atoms with E-state index in [2.05, 4.69) is 54.9 Å². The standard InChI is InChI=1S/C21H25NO2S/c1-3-18(22-24-2)20-17(11-16-12-19(23)21(20)25-16)15-9-8-13-6-4-5-7-14(13)10-15/h4-10,16-17,19,21-23H,3,11-12H2,1-2H3/t16?,17-,19?,21+/m0/s1. The maximum Gasteiger partial charge on any atom is 0.0708 e. The van der Waals surface area contributed by atoms with Crippen LogP contribution in [0.15, 0.2) is 53.7 Å². The van der Waals surface area contributed by atoms with E-state index in [9.17, 15) is 5.11 Å². The fourth-order valence-electron chi connectivity index (χ4n) is 4.35. The first-order valence-electron chi connectivity index (χ1n) is 9.05. The Balaban J connectivity index is 1.81. The highest BCUT2D eigenvalue weighted by molar-refractivity contribution is 8.01. The molecule has 2 N–H and O–H groups in total. The molecule has 4 rings (SSSR count). The topological polar surface area (TPSA) is 41.5 Å². The molecule has 2 bridgehead atoms. The zero-order chi connectivity index (χ0) is 17.4. The number of aliphatic hydroxyl groups is 1. The SMILES string of the molecule is CCC(NOC)=C1[C@H](c2ccc3ccccc3c2)CC2CC(O)[C@H]1S2. The lowest BCUT2D eigenvalue weighted by atomic mass is 9.84. The first kappa shape index (κ1) is 17.0.